The molecule has 2 heterocycles. The fourth-order valence-electron chi connectivity index (χ4n) is 1.24. The van der Waals surface area contributed by atoms with E-state index in [1.54, 1.807) is 6.20 Å². The average molecular weight is 193 g/mol. The molecule has 1 aromatic rings. The van der Waals surface area contributed by atoms with Crippen LogP contribution < -0.4 is 15.0 Å². The van der Waals surface area contributed by atoms with Gasteiger partial charge in [-0.3, -0.25) is 0 Å². The summed E-state index contributed by atoms with van der Waals surface area (Å²) < 4.78 is 5.64. The topological polar surface area (TPSA) is 37.4 Å². The summed E-state index contributed by atoms with van der Waals surface area (Å²) in [5.74, 6) is 1.80. The highest BCUT2D eigenvalue weighted by Crippen LogP contribution is 2.15. The Morgan fingerprint density at radius 1 is 1.43 bits per heavy atom. The first-order valence-corrected chi connectivity index (χ1v) is 4.76. The molecule has 0 unspecified atom stereocenters. The molecule has 1 aromatic heterocycles. The summed E-state index contributed by atoms with van der Waals surface area (Å²) in [4.78, 5) is 6.24. The molecule has 0 atom stereocenters. The Morgan fingerprint density at radius 2 is 2.21 bits per heavy atom. The van der Waals surface area contributed by atoms with Crippen molar-refractivity contribution in [2.45, 2.75) is 6.10 Å². The third kappa shape index (κ3) is 1.96. The number of ether oxygens (including phenoxy) is 1. The molecule has 4 nitrogen and oxygen atoms in total. The fourth-order valence-corrected chi connectivity index (χ4v) is 1.24. The summed E-state index contributed by atoms with van der Waals surface area (Å²) in [7, 11) is 3.94. The number of nitrogens with one attached hydrogen (secondary N) is 1. The summed E-state index contributed by atoms with van der Waals surface area (Å²) >= 11 is 0. The maximum atomic E-state index is 5.64. The van der Waals surface area contributed by atoms with Crippen LogP contribution in [0.4, 0.5) is 5.82 Å². The molecule has 0 radical (unpaired) electrons. The van der Waals surface area contributed by atoms with Crippen LogP contribution in [0.15, 0.2) is 18.3 Å². The first-order valence-electron chi connectivity index (χ1n) is 4.76. The van der Waals surface area contributed by atoms with Crippen molar-refractivity contribution in [1.29, 1.82) is 0 Å². The maximum absolute atomic E-state index is 5.64. The predicted octanol–water partition coefficient (Wildman–Crippen LogP) is 0.498. The van der Waals surface area contributed by atoms with E-state index in [1.165, 1.54) is 0 Å². The van der Waals surface area contributed by atoms with Gasteiger partial charge in [-0.05, 0) is 12.1 Å². The first kappa shape index (κ1) is 9.27. The van der Waals surface area contributed by atoms with E-state index in [9.17, 15) is 0 Å². The number of hydrogen-bond acceptors (Lipinski definition) is 4. The maximum Gasteiger partial charge on any atom is 0.138 e. The summed E-state index contributed by atoms with van der Waals surface area (Å²) in [6.07, 6.45) is 2.09. The van der Waals surface area contributed by atoms with Crippen LogP contribution in [-0.2, 0) is 0 Å². The molecule has 0 spiro atoms. The van der Waals surface area contributed by atoms with Gasteiger partial charge in [0.05, 0.1) is 6.20 Å². The Morgan fingerprint density at radius 3 is 2.64 bits per heavy atom. The molecule has 0 aromatic carbocycles. The van der Waals surface area contributed by atoms with Gasteiger partial charge in [-0.1, -0.05) is 0 Å². The lowest BCUT2D eigenvalue weighted by molar-refractivity contribution is 0.142. The Bertz CT molecular complexity index is 293. The molecule has 0 saturated carbocycles. The van der Waals surface area contributed by atoms with Crippen molar-refractivity contribution < 1.29 is 4.74 Å². The number of anilines is 1. The van der Waals surface area contributed by atoms with Gasteiger partial charge in [-0.25, -0.2) is 4.98 Å². The van der Waals surface area contributed by atoms with E-state index in [4.69, 9.17) is 4.74 Å². The van der Waals surface area contributed by atoms with Crippen LogP contribution >= 0.6 is 0 Å². The average Bonchev–Trinajstić information content (AvgIpc) is 2.12. The molecule has 0 bridgehead atoms. The van der Waals surface area contributed by atoms with E-state index < -0.39 is 0 Å². The number of nitrogens with zero attached hydrogens (tertiary/aromatic N) is 2. The fraction of sp³-hybridized carbons (Fsp3) is 0.500. The van der Waals surface area contributed by atoms with Gasteiger partial charge in [-0.15, -0.1) is 0 Å². The molecule has 14 heavy (non-hydrogen) atoms. The number of pyridine rings is 1. The molecule has 4 heteroatoms. The number of hydrogen-bond donors (Lipinski definition) is 1. The highest BCUT2D eigenvalue weighted by atomic mass is 16.5. The Labute approximate surface area is 83.9 Å². The van der Waals surface area contributed by atoms with Gasteiger partial charge in [-0.2, -0.15) is 0 Å². The SMILES string of the molecule is CN(C)c1ccc(OC2CNC2)cn1. The largest absolute Gasteiger partial charge is 0.486 e. The minimum Gasteiger partial charge on any atom is -0.486 e. The van der Waals surface area contributed by atoms with Gasteiger partial charge in [0.25, 0.3) is 0 Å². The quantitative estimate of drug-likeness (QED) is 0.758. The lowest BCUT2D eigenvalue weighted by Gasteiger charge is -2.27. The van der Waals surface area contributed by atoms with Gasteiger partial charge in [0.2, 0.25) is 0 Å². The van der Waals surface area contributed by atoms with Crippen LogP contribution in [0.3, 0.4) is 0 Å². The van der Waals surface area contributed by atoms with Crippen molar-refractivity contribution in [1.82, 2.24) is 10.3 Å². The highest BCUT2D eigenvalue weighted by Gasteiger charge is 2.18. The summed E-state index contributed by atoms with van der Waals surface area (Å²) in [6, 6.07) is 3.92. The van der Waals surface area contributed by atoms with Crippen LogP contribution in [0.2, 0.25) is 0 Å². The van der Waals surface area contributed by atoms with Crippen molar-refractivity contribution >= 4 is 5.82 Å². The van der Waals surface area contributed by atoms with E-state index in [0.717, 1.165) is 24.7 Å². The number of rotatable bonds is 3. The van der Waals surface area contributed by atoms with E-state index in [1.807, 2.05) is 31.1 Å². The predicted molar refractivity (Wildman–Crippen MR) is 55.8 cm³/mol. The van der Waals surface area contributed by atoms with Gasteiger partial charge >= 0.3 is 0 Å². The summed E-state index contributed by atoms with van der Waals surface area (Å²) in [5.41, 5.74) is 0. The Hall–Kier alpha value is -1.29. The van der Waals surface area contributed by atoms with Crippen molar-refractivity contribution in [3.8, 4) is 5.75 Å². The zero-order chi connectivity index (χ0) is 9.97. The second-order valence-electron chi connectivity index (χ2n) is 3.64. The molecule has 76 valence electrons. The molecular formula is C10H15N3O. The van der Waals surface area contributed by atoms with Gasteiger partial charge < -0.3 is 15.0 Å². The van der Waals surface area contributed by atoms with Crippen LogP contribution in [0.25, 0.3) is 0 Å². The molecule has 1 saturated heterocycles. The van der Waals surface area contributed by atoms with Gasteiger partial charge in [0.15, 0.2) is 0 Å². The monoisotopic (exact) mass is 193 g/mol. The van der Waals surface area contributed by atoms with Gasteiger partial charge in [0.1, 0.15) is 17.7 Å². The molecule has 2 rings (SSSR count). The second kappa shape index (κ2) is 3.84. The van der Waals surface area contributed by atoms with Crippen LogP contribution in [-0.4, -0.2) is 38.3 Å². The Kier molecular flexibility index (Phi) is 2.54. The van der Waals surface area contributed by atoms with E-state index in [0.29, 0.717) is 6.10 Å². The molecule has 1 aliphatic rings. The lowest BCUT2D eigenvalue weighted by atomic mass is 10.2. The van der Waals surface area contributed by atoms with E-state index >= 15 is 0 Å². The summed E-state index contributed by atoms with van der Waals surface area (Å²) in [5, 5.41) is 3.16. The third-order valence-electron chi connectivity index (χ3n) is 2.23. The molecule has 1 N–H and O–H groups in total. The van der Waals surface area contributed by atoms with E-state index in [-0.39, 0.29) is 0 Å². The van der Waals surface area contributed by atoms with Crippen molar-refractivity contribution in [3.63, 3.8) is 0 Å². The van der Waals surface area contributed by atoms with E-state index in [2.05, 4.69) is 10.3 Å². The Balaban J connectivity index is 1.98. The summed E-state index contributed by atoms with van der Waals surface area (Å²) in [6.45, 7) is 1.88. The smallest absolute Gasteiger partial charge is 0.138 e. The number of aromatic nitrogens is 1. The molecule has 1 aliphatic heterocycles. The zero-order valence-corrected chi connectivity index (χ0v) is 8.53. The second-order valence-corrected chi connectivity index (χ2v) is 3.64. The molecule has 0 amide bonds. The normalized spacial score (nSPS) is 16.1. The van der Waals surface area contributed by atoms with Gasteiger partial charge in [0, 0.05) is 27.2 Å². The molecule has 1 fully saturated rings. The van der Waals surface area contributed by atoms with Crippen molar-refractivity contribution in [2.75, 3.05) is 32.1 Å². The lowest BCUT2D eigenvalue weighted by Crippen LogP contribution is -2.50. The van der Waals surface area contributed by atoms with Crippen molar-refractivity contribution in [3.05, 3.63) is 18.3 Å². The molecule has 0 aliphatic carbocycles. The van der Waals surface area contributed by atoms with Crippen molar-refractivity contribution in [2.24, 2.45) is 0 Å². The molecular weight excluding hydrogens is 178 g/mol. The minimum absolute atomic E-state index is 0.321. The highest BCUT2D eigenvalue weighted by molar-refractivity contribution is 5.38. The zero-order valence-electron chi connectivity index (χ0n) is 8.53. The van der Waals surface area contributed by atoms with Crippen LogP contribution in [0.1, 0.15) is 0 Å². The first-order chi connectivity index (χ1) is 6.75. The standard InChI is InChI=1S/C10H15N3O/c1-13(2)10-4-3-8(7-12-10)14-9-5-11-6-9/h3-4,7,9,11H,5-6H2,1-2H3. The van der Waals surface area contributed by atoms with Crippen LogP contribution in [0.5, 0.6) is 5.75 Å². The minimum atomic E-state index is 0.321. The third-order valence-corrected chi connectivity index (χ3v) is 2.23. The van der Waals surface area contributed by atoms with Crippen LogP contribution in [0, 0.1) is 0 Å².